The van der Waals surface area contributed by atoms with Gasteiger partial charge in [-0.15, -0.1) is 12.4 Å². The van der Waals surface area contributed by atoms with Gasteiger partial charge in [-0.05, 0) is 24.5 Å². The van der Waals surface area contributed by atoms with Gasteiger partial charge in [0, 0.05) is 12.1 Å². The molecule has 0 aliphatic carbocycles. The fourth-order valence-electron chi connectivity index (χ4n) is 1.27. The maximum Gasteiger partial charge on any atom is 0.122 e. The first kappa shape index (κ1) is 14.1. The summed E-state index contributed by atoms with van der Waals surface area (Å²) < 4.78 is 4.99. The van der Waals surface area contributed by atoms with E-state index in [4.69, 9.17) is 10.5 Å². The van der Waals surface area contributed by atoms with Crippen LogP contribution in [0.25, 0.3) is 0 Å². The molecule has 0 amide bonds. The van der Waals surface area contributed by atoms with E-state index in [0.29, 0.717) is 12.2 Å². The Morgan fingerprint density at radius 2 is 2.13 bits per heavy atom. The first-order valence-corrected chi connectivity index (χ1v) is 4.78. The molecule has 0 saturated heterocycles. The molecule has 0 aliphatic rings. The molecule has 0 saturated carbocycles. The molecule has 4 heteroatoms. The van der Waals surface area contributed by atoms with E-state index in [1.165, 1.54) is 0 Å². The van der Waals surface area contributed by atoms with Gasteiger partial charge in [-0.2, -0.15) is 0 Å². The molecule has 3 N–H and O–H groups in total. The first-order valence-electron chi connectivity index (χ1n) is 4.78. The van der Waals surface area contributed by atoms with Crippen LogP contribution in [0.1, 0.15) is 18.9 Å². The van der Waals surface area contributed by atoms with E-state index in [2.05, 4.69) is 0 Å². The summed E-state index contributed by atoms with van der Waals surface area (Å²) in [6.45, 7) is 2.03. The van der Waals surface area contributed by atoms with Crippen molar-refractivity contribution in [1.29, 1.82) is 0 Å². The van der Waals surface area contributed by atoms with Gasteiger partial charge in [-0.1, -0.05) is 13.0 Å². The van der Waals surface area contributed by atoms with Crippen LogP contribution >= 0.6 is 12.4 Å². The van der Waals surface area contributed by atoms with Crippen LogP contribution in [0.4, 0.5) is 0 Å². The molecule has 3 nitrogen and oxygen atoms in total. The van der Waals surface area contributed by atoms with Crippen LogP contribution in [0.2, 0.25) is 0 Å². The zero-order valence-electron chi connectivity index (χ0n) is 9.06. The third kappa shape index (κ3) is 3.98. The Morgan fingerprint density at radius 1 is 1.47 bits per heavy atom. The second-order valence-electron chi connectivity index (χ2n) is 3.37. The quantitative estimate of drug-likeness (QED) is 0.835. The Morgan fingerprint density at radius 3 is 2.60 bits per heavy atom. The van der Waals surface area contributed by atoms with E-state index >= 15 is 0 Å². The SMILES string of the molecule is CCC(N)Cc1ccc(OC)cc1O.Cl. The highest BCUT2D eigenvalue weighted by atomic mass is 35.5. The van der Waals surface area contributed by atoms with Gasteiger partial charge < -0.3 is 15.6 Å². The van der Waals surface area contributed by atoms with Crippen LogP contribution in [0, 0.1) is 0 Å². The summed E-state index contributed by atoms with van der Waals surface area (Å²) in [5.41, 5.74) is 6.68. The number of phenolic OH excluding ortho intramolecular Hbond substituents is 1. The molecule has 1 aromatic carbocycles. The monoisotopic (exact) mass is 231 g/mol. The van der Waals surface area contributed by atoms with Crippen molar-refractivity contribution in [3.8, 4) is 11.5 Å². The normalized spacial score (nSPS) is 11.7. The molecule has 0 bridgehead atoms. The Balaban J connectivity index is 0.00000196. The summed E-state index contributed by atoms with van der Waals surface area (Å²) in [5, 5.41) is 9.63. The van der Waals surface area contributed by atoms with Crippen molar-refractivity contribution in [1.82, 2.24) is 0 Å². The lowest BCUT2D eigenvalue weighted by molar-refractivity contribution is 0.406. The number of rotatable bonds is 4. The van der Waals surface area contributed by atoms with Gasteiger partial charge in [0.05, 0.1) is 7.11 Å². The standard InChI is InChI=1S/C11H17NO2.ClH/c1-3-9(12)6-8-4-5-10(14-2)7-11(8)13;/h4-5,7,9,13H,3,6,12H2,1-2H3;1H. The van der Waals surface area contributed by atoms with Gasteiger partial charge in [-0.3, -0.25) is 0 Å². The predicted molar refractivity (Wildman–Crippen MR) is 63.9 cm³/mol. The molecule has 0 radical (unpaired) electrons. The van der Waals surface area contributed by atoms with E-state index in [1.54, 1.807) is 13.2 Å². The smallest absolute Gasteiger partial charge is 0.122 e. The van der Waals surface area contributed by atoms with Crippen LogP contribution < -0.4 is 10.5 Å². The molecule has 0 heterocycles. The van der Waals surface area contributed by atoms with Crippen molar-refractivity contribution in [3.05, 3.63) is 23.8 Å². The number of phenols is 1. The minimum Gasteiger partial charge on any atom is -0.508 e. The topological polar surface area (TPSA) is 55.5 Å². The van der Waals surface area contributed by atoms with E-state index in [-0.39, 0.29) is 24.2 Å². The van der Waals surface area contributed by atoms with Crippen molar-refractivity contribution in [2.45, 2.75) is 25.8 Å². The second kappa shape index (κ2) is 6.53. The summed E-state index contributed by atoms with van der Waals surface area (Å²) >= 11 is 0. The fraction of sp³-hybridized carbons (Fsp3) is 0.455. The molecule has 0 aromatic heterocycles. The molecular formula is C11H18ClNO2. The minimum absolute atomic E-state index is 0. The lowest BCUT2D eigenvalue weighted by Gasteiger charge is -2.10. The van der Waals surface area contributed by atoms with E-state index < -0.39 is 0 Å². The molecule has 1 aromatic rings. The molecule has 1 rings (SSSR count). The number of methoxy groups -OCH3 is 1. The maximum atomic E-state index is 9.63. The number of hydrogen-bond donors (Lipinski definition) is 2. The van der Waals surface area contributed by atoms with E-state index in [1.807, 2.05) is 19.1 Å². The predicted octanol–water partition coefficient (Wildman–Crippen LogP) is 2.10. The average molecular weight is 232 g/mol. The number of ether oxygens (including phenoxy) is 1. The van der Waals surface area contributed by atoms with Gasteiger partial charge in [0.25, 0.3) is 0 Å². The average Bonchev–Trinajstić information content (AvgIpc) is 2.20. The van der Waals surface area contributed by atoms with Crippen LogP contribution in [0.5, 0.6) is 11.5 Å². The van der Waals surface area contributed by atoms with Crippen LogP contribution in [-0.2, 0) is 6.42 Å². The van der Waals surface area contributed by atoms with Crippen molar-refractivity contribution in [3.63, 3.8) is 0 Å². The summed E-state index contributed by atoms with van der Waals surface area (Å²) in [6, 6.07) is 5.40. The van der Waals surface area contributed by atoms with Crippen molar-refractivity contribution in [2.24, 2.45) is 5.73 Å². The number of halogens is 1. The summed E-state index contributed by atoms with van der Waals surface area (Å²) in [7, 11) is 1.58. The Labute approximate surface area is 96.7 Å². The van der Waals surface area contributed by atoms with Gasteiger partial charge in [-0.25, -0.2) is 0 Å². The van der Waals surface area contributed by atoms with Gasteiger partial charge >= 0.3 is 0 Å². The largest absolute Gasteiger partial charge is 0.508 e. The Hall–Kier alpha value is -0.930. The number of nitrogens with two attached hydrogens (primary N) is 1. The molecule has 0 spiro atoms. The van der Waals surface area contributed by atoms with Crippen LogP contribution in [0.3, 0.4) is 0 Å². The van der Waals surface area contributed by atoms with Crippen LogP contribution in [0.15, 0.2) is 18.2 Å². The summed E-state index contributed by atoms with van der Waals surface area (Å²) in [4.78, 5) is 0. The zero-order valence-corrected chi connectivity index (χ0v) is 9.88. The molecule has 0 fully saturated rings. The molecule has 1 unspecified atom stereocenters. The summed E-state index contributed by atoms with van der Waals surface area (Å²) in [6.07, 6.45) is 1.61. The molecule has 0 aliphatic heterocycles. The van der Waals surface area contributed by atoms with Crippen molar-refractivity contribution >= 4 is 12.4 Å². The van der Waals surface area contributed by atoms with Gasteiger partial charge in [0.2, 0.25) is 0 Å². The third-order valence-electron chi connectivity index (χ3n) is 2.30. The number of aromatic hydroxyl groups is 1. The molecule has 86 valence electrons. The lowest BCUT2D eigenvalue weighted by atomic mass is 10.0. The van der Waals surface area contributed by atoms with Gasteiger partial charge in [0.1, 0.15) is 11.5 Å². The highest BCUT2D eigenvalue weighted by Gasteiger charge is 2.06. The Bertz CT molecular complexity index is 305. The number of hydrogen-bond acceptors (Lipinski definition) is 3. The third-order valence-corrected chi connectivity index (χ3v) is 2.30. The minimum atomic E-state index is 0. The Kier molecular flexibility index (Phi) is 6.13. The second-order valence-corrected chi connectivity index (χ2v) is 3.37. The van der Waals surface area contributed by atoms with E-state index in [9.17, 15) is 5.11 Å². The number of benzene rings is 1. The first-order chi connectivity index (χ1) is 6.67. The highest BCUT2D eigenvalue weighted by molar-refractivity contribution is 5.85. The van der Waals surface area contributed by atoms with Crippen molar-refractivity contribution < 1.29 is 9.84 Å². The molecule has 15 heavy (non-hydrogen) atoms. The molecular weight excluding hydrogens is 214 g/mol. The van der Waals surface area contributed by atoms with Crippen molar-refractivity contribution in [2.75, 3.05) is 7.11 Å². The fourth-order valence-corrected chi connectivity index (χ4v) is 1.27. The van der Waals surface area contributed by atoms with E-state index in [0.717, 1.165) is 12.0 Å². The molecule has 1 atom stereocenters. The summed E-state index contributed by atoms with van der Waals surface area (Å²) in [5.74, 6) is 0.921. The van der Waals surface area contributed by atoms with Crippen LogP contribution in [-0.4, -0.2) is 18.3 Å². The lowest BCUT2D eigenvalue weighted by Crippen LogP contribution is -2.21. The highest BCUT2D eigenvalue weighted by Crippen LogP contribution is 2.24. The maximum absolute atomic E-state index is 9.63. The van der Waals surface area contributed by atoms with Gasteiger partial charge in [0.15, 0.2) is 0 Å². The zero-order chi connectivity index (χ0) is 10.6.